The van der Waals surface area contributed by atoms with E-state index in [0.29, 0.717) is 17.9 Å². The van der Waals surface area contributed by atoms with E-state index in [1.165, 1.54) is 0 Å². The summed E-state index contributed by atoms with van der Waals surface area (Å²) < 4.78 is 0. The first-order valence-electron chi connectivity index (χ1n) is 7.47. The SMILES string of the molecule is O=C(Cc1ccc(-c2ccncc2)cc1)Cc1ccccc1Cl. The highest BCUT2D eigenvalue weighted by molar-refractivity contribution is 6.31. The van der Waals surface area contributed by atoms with Gasteiger partial charge in [0, 0.05) is 30.3 Å². The van der Waals surface area contributed by atoms with E-state index in [1.54, 1.807) is 12.4 Å². The number of carbonyl (C=O) groups excluding carboxylic acids is 1. The number of rotatable bonds is 5. The number of halogens is 1. The van der Waals surface area contributed by atoms with E-state index >= 15 is 0 Å². The van der Waals surface area contributed by atoms with Crippen LogP contribution in [0, 0.1) is 0 Å². The van der Waals surface area contributed by atoms with Crippen LogP contribution in [0.1, 0.15) is 11.1 Å². The average molecular weight is 322 g/mol. The normalized spacial score (nSPS) is 10.5. The molecule has 3 heteroatoms. The van der Waals surface area contributed by atoms with E-state index < -0.39 is 0 Å². The first-order chi connectivity index (χ1) is 11.2. The van der Waals surface area contributed by atoms with Crippen LogP contribution in [0.5, 0.6) is 0 Å². The molecule has 0 saturated carbocycles. The number of benzene rings is 2. The highest BCUT2D eigenvalue weighted by Crippen LogP contribution is 2.20. The van der Waals surface area contributed by atoms with Gasteiger partial charge in [0.15, 0.2) is 0 Å². The summed E-state index contributed by atoms with van der Waals surface area (Å²) >= 11 is 6.10. The Bertz CT molecular complexity index is 797. The molecule has 3 rings (SSSR count). The summed E-state index contributed by atoms with van der Waals surface area (Å²) in [6.07, 6.45) is 4.33. The van der Waals surface area contributed by atoms with Gasteiger partial charge >= 0.3 is 0 Å². The molecule has 114 valence electrons. The van der Waals surface area contributed by atoms with Gasteiger partial charge in [0.2, 0.25) is 0 Å². The van der Waals surface area contributed by atoms with Crippen LogP contribution in [-0.4, -0.2) is 10.8 Å². The van der Waals surface area contributed by atoms with Crippen molar-refractivity contribution in [1.29, 1.82) is 0 Å². The minimum absolute atomic E-state index is 0.162. The Morgan fingerprint density at radius 3 is 2.17 bits per heavy atom. The fraction of sp³-hybridized carbons (Fsp3) is 0.100. The molecule has 2 nitrogen and oxygen atoms in total. The number of nitrogens with zero attached hydrogens (tertiary/aromatic N) is 1. The lowest BCUT2D eigenvalue weighted by Gasteiger charge is -2.06. The lowest BCUT2D eigenvalue weighted by Crippen LogP contribution is -2.06. The Hall–Kier alpha value is -2.45. The van der Waals surface area contributed by atoms with Gasteiger partial charge in [0.05, 0.1) is 0 Å². The molecule has 1 aromatic heterocycles. The first kappa shape index (κ1) is 15.4. The van der Waals surface area contributed by atoms with Crippen molar-refractivity contribution in [3.8, 4) is 11.1 Å². The molecule has 0 unspecified atom stereocenters. The second-order valence-electron chi connectivity index (χ2n) is 5.42. The summed E-state index contributed by atoms with van der Waals surface area (Å²) in [6.45, 7) is 0. The molecule has 0 aliphatic rings. The fourth-order valence-corrected chi connectivity index (χ4v) is 2.71. The Morgan fingerprint density at radius 2 is 1.48 bits per heavy atom. The van der Waals surface area contributed by atoms with E-state index in [-0.39, 0.29) is 5.78 Å². The van der Waals surface area contributed by atoms with Crippen LogP contribution in [0.4, 0.5) is 0 Å². The Morgan fingerprint density at radius 1 is 0.826 bits per heavy atom. The van der Waals surface area contributed by atoms with Gasteiger partial charge in [0.1, 0.15) is 5.78 Å². The van der Waals surface area contributed by atoms with Crippen molar-refractivity contribution < 1.29 is 4.79 Å². The van der Waals surface area contributed by atoms with Gasteiger partial charge in [0.25, 0.3) is 0 Å². The molecule has 0 atom stereocenters. The zero-order valence-corrected chi connectivity index (χ0v) is 13.3. The molecular formula is C20H16ClNO. The number of ketones is 1. The van der Waals surface area contributed by atoms with E-state index in [9.17, 15) is 4.79 Å². The summed E-state index contributed by atoms with van der Waals surface area (Å²) in [4.78, 5) is 16.2. The number of carbonyl (C=O) groups is 1. The molecule has 23 heavy (non-hydrogen) atoms. The lowest BCUT2D eigenvalue weighted by molar-refractivity contribution is -0.117. The van der Waals surface area contributed by atoms with Crippen molar-refractivity contribution in [1.82, 2.24) is 4.98 Å². The molecule has 0 aliphatic heterocycles. The van der Waals surface area contributed by atoms with E-state index in [4.69, 9.17) is 11.6 Å². The van der Waals surface area contributed by atoms with Crippen LogP contribution in [0.2, 0.25) is 5.02 Å². The van der Waals surface area contributed by atoms with Crippen molar-refractivity contribution in [2.75, 3.05) is 0 Å². The van der Waals surface area contributed by atoms with Gasteiger partial charge in [-0.3, -0.25) is 9.78 Å². The maximum Gasteiger partial charge on any atom is 0.141 e. The molecule has 0 N–H and O–H groups in total. The summed E-state index contributed by atoms with van der Waals surface area (Å²) in [5.74, 6) is 0.162. The van der Waals surface area contributed by atoms with E-state index in [2.05, 4.69) is 4.98 Å². The zero-order chi connectivity index (χ0) is 16.1. The number of hydrogen-bond donors (Lipinski definition) is 0. The molecule has 0 amide bonds. The predicted octanol–water partition coefficient (Wildman–Crippen LogP) is 4.76. The largest absolute Gasteiger partial charge is 0.299 e. The summed E-state index contributed by atoms with van der Waals surface area (Å²) in [7, 11) is 0. The van der Waals surface area contributed by atoms with E-state index in [1.807, 2.05) is 60.7 Å². The molecule has 0 spiro atoms. The maximum atomic E-state index is 12.2. The lowest BCUT2D eigenvalue weighted by atomic mass is 10.00. The smallest absolute Gasteiger partial charge is 0.141 e. The van der Waals surface area contributed by atoms with Gasteiger partial charge in [-0.1, -0.05) is 54.1 Å². The van der Waals surface area contributed by atoms with Crippen molar-refractivity contribution in [2.24, 2.45) is 0 Å². The molecule has 0 radical (unpaired) electrons. The highest BCUT2D eigenvalue weighted by Gasteiger charge is 2.08. The van der Waals surface area contributed by atoms with Crippen LogP contribution >= 0.6 is 11.6 Å². The first-order valence-corrected chi connectivity index (χ1v) is 7.84. The van der Waals surface area contributed by atoms with Crippen LogP contribution < -0.4 is 0 Å². The monoisotopic (exact) mass is 321 g/mol. The van der Waals surface area contributed by atoms with Crippen LogP contribution in [0.25, 0.3) is 11.1 Å². The predicted molar refractivity (Wildman–Crippen MR) is 93.5 cm³/mol. The molecule has 0 aliphatic carbocycles. The van der Waals surface area contributed by atoms with Gasteiger partial charge < -0.3 is 0 Å². The fourth-order valence-electron chi connectivity index (χ4n) is 2.50. The Balaban J connectivity index is 1.66. The molecule has 0 saturated heterocycles. The maximum absolute atomic E-state index is 12.2. The quantitative estimate of drug-likeness (QED) is 0.678. The highest BCUT2D eigenvalue weighted by atomic mass is 35.5. The second-order valence-corrected chi connectivity index (χ2v) is 5.82. The van der Waals surface area contributed by atoms with Crippen LogP contribution in [0.15, 0.2) is 73.1 Å². The molecule has 0 bridgehead atoms. The Kier molecular flexibility index (Phi) is 4.84. The van der Waals surface area contributed by atoms with E-state index in [0.717, 1.165) is 22.3 Å². The summed E-state index contributed by atoms with van der Waals surface area (Å²) in [5, 5.41) is 0.647. The number of pyridine rings is 1. The minimum atomic E-state index is 0.162. The summed E-state index contributed by atoms with van der Waals surface area (Å²) in [6, 6.07) is 19.5. The number of aromatic nitrogens is 1. The van der Waals surface area contributed by atoms with Crippen molar-refractivity contribution >= 4 is 17.4 Å². The molecule has 0 fully saturated rings. The van der Waals surface area contributed by atoms with Gasteiger partial charge in [-0.2, -0.15) is 0 Å². The van der Waals surface area contributed by atoms with Crippen molar-refractivity contribution in [3.63, 3.8) is 0 Å². The topological polar surface area (TPSA) is 30.0 Å². The number of hydrogen-bond acceptors (Lipinski definition) is 2. The summed E-state index contributed by atoms with van der Waals surface area (Å²) in [5.41, 5.74) is 4.14. The van der Waals surface area contributed by atoms with Gasteiger partial charge in [-0.25, -0.2) is 0 Å². The van der Waals surface area contributed by atoms with Crippen LogP contribution in [-0.2, 0) is 17.6 Å². The molecular weight excluding hydrogens is 306 g/mol. The average Bonchev–Trinajstić information content (AvgIpc) is 2.58. The third kappa shape index (κ3) is 4.05. The zero-order valence-electron chi connectivity index (χ0n) is 12.6. The minimum Gasteiger partial charge on any atom is -0.299 e. The van der Waals surface area contributed by atoms with Crippen molar-refractivity contribution in [2.45, 2.75) is 12.8 Å². The third-order valence-electron chi connectivity index (χ3n) is 3.71. The van der Waals surface area contributed by atoms with Gasteiger partial charge in [-0.05, 0) is 40.5 Å². The Labute approximate surface area is 140 Å². The molecule has 1 heterocycles. The standard InChI is InChI=1S/C20H16ClNO/c21-20-4-2-1-3-18(20)14-19(23)13-15-5-7-16(8-6-15)17-9-11-22-12-10-17/h1-12H,13-14H2. The van der Waals surface area contributed by atoms with Crippen LogP contribution in [0.3, 0.4) is 0 Å². The number of Topliss-reactive ketones (excluding diaryl/α,β-unsaturated/α-hetero) is 1. The third-order valence-corrected chi connectivity index (χ3v) is 4.08. The molecule has 2 aromatic carbocycles. The molecule has 3 aromatic rings. The van der Waals surface area contributed by atoms with Gasteiger partial charge in [-0.15, -0.1) is 0 Å². The second kappa shape index (κ2) is 7.21. The van der Waals surface area contributed by atoms with Crippen molar-refractivity contribution in [3.05, 3.63) is 89.2 Å².